The lowest BCUT2D eigenvalue weighted by atomic mass is 9.62. The Morgan fingerprint density at radius 3 is 2.67 bits per heavy atom. The van der Waals surface area contributed by atoms with Crippen LogP contribution in [-0.4, -0.2) is 12.5 Å². The van der Waals surface area contributed by atoms with Crippen LogP contribution < -0.4 is 11.1 Å². The van der Waals surface area contributed by atoms with Crippen LogP contribution in [0.3, 0.4) is 0 Å². The van der Waals surface area contributed by atoms with Crippen LogP contribution in [-0.2, 0) is 4.79 Å². The van der Waals surface area contributed by atoms with Gasteiger partial charge in [-0.1, -0.05) is 6.92 Å². The molecule has 0 radical (unpaired) electrons. The lowest BCUT2D eigenvalue weighted by Gasteiger charge is -2.44. The first-order valence-electron chi connectivity index (χ1n) is 5.93. The summed E-state index contributed by atoms with van der Waals surface area (Å²) in [4.78, 5) is 12.1. The van der Waals surface area contributed by atoms with Crippen molar-refractivity contribution in [2.75, 3.05) is 11.9 Å². The lowest BCUT2D eigenvalue weighted by Crippen LogP contribution is -2.51. The van der Waals surface area contributed by atoms with E-state index in [0.29, 0.717) is 18.8 Å². The second-order valence-corrected chi connectivity index (χ2v) is 5.08. The highest BCUT2D eigenvalue weighted by atomic mass is 19.1. The highest BCUT2D eigenvalue weighted by Gasteiger charge is 2.47. The summed E-state index contributed by atoms with van der Waals surface area (Å²) in [6, 6.07) is 3.07. The zero-order chi connectivity index (χ0) is 13.3. The first kappa shape index (κ1) is 13.0. The van der Waals surface area contributed by atoms with Gasteiger partial charge >= 0.3 is 0 Å². The molecular weight excluding hydrogens is 238 g/mol. The van der Waals surface area contributed by atoms with E-state index in [0.717, 1.165) is 12.1 Å². The molecule has 3 nitrogen and oxygen atoms in total. The monoisotopic (exact) mass is 254 g/mol. The average Bonchev–Trinajstić information content (AvgIpc) is 2.28. The summed E-state index contributed by atoms with van der Waals surface area (Å²) in [5.41, 5.74) is 5.03. The molecule has 1 aliphatic rings. The normalized spacial score (nSPS) is 26.6. The van der Waals surface area contributed by atoms with Gasteiger partial charge in [-0.2, -0.15) is 0 Å². The summed E-state index contributed by atoms with van der Waals surface area (Å²) in [6.07, 6.45) is 1.41. The average molecular weight is 254 g/mol. The molecule has 0 aliphatic heterocycles. The number of halogens is 2. The number of anilines is 1. The van der Waals surface area contributed by atoms with Gasteiger partial charge in [0.1, 0.15) is 11.6 Å². The van der Waals surface area contributed by atoms with Gasteiger partial charge in [-0.15, -0.1) is 0 Å². The number of rotatable bonds is 3. The first-order valence-corrected chi connectivity index (χ1v) is 5.93. The molecular formula is C13H16F2N2O. The van der Waals surface area contributed by atoms with Gasteiger partial charge in [0.15, 0.2) is 0 Å². The molecule has 0 saturated heterocycles. The minimum Gasteiger partial charge on any atom is -0.329 e. The quantitative estimate of drug-likeness (QED) is 0.869. The van der Waals surface area contributed by atoms with Gasteiger partial charge in [0, 0.05) is 12.6 Å². The van der Waals surface area contributed by atoms with Crippen molar-refractivity contribution in [1.82, 2.24) is 0 Å². The van der Waals surface area contributed by atoms with E-state index in [9.17, 15) is 13.6 Å². The van der Waals surface area contributed by atoms with E-state index < -0.39 is 17.0 Å². The third kappa shape index (κ3) is 2.22. The number of hydrogen-bond acceptors (Lipinski definition) is 2. The van der Waals surface area contributed by atoms with Crippen LogP contribution in [0.25, 0.3) is 0 Å². The Bertz CT molecular complexity index is 470. The molecule has 1 aromatic carbocycles. The number of carbonyl (C=O) groups is 1. The van der Waals surface area contributed by atoms with Crippen LogP contribution >= 0.6 is 0 Å². The molecule has 1 saturated carbocycles. The molecule has 0 heterocycles. The van der Waals surface area contributed by atoms with Crippen LogP contribution in [0.15, 0.2) is 18.2 Å². The van der Waals surface area contributed by atoms with Crippen LogP contribution in [0, 0.1) is 23.0 Å². The van der Waals surface area contributed by atoms with Crippen molar-refractivity contribution in [3.05, 3.63) is 29.8 Å². The molecule has 18 heavy (non-hydrogen) atoms. The first-order chi connectivity index (χ1) is 8.47. The molecule has 1 aliphatic carbocycles. The Balaban J connectivity index is 2.11. The third-order valence-electron chi connectivity index (χ3n) is 3.53. The summed E-state index contributed by atoms with van der Waals surface area (Å²) in [7, 11) is 0. The highest BCUT2D eigenvalue weighted by molar-refractivity contribution is 5.96. The largest absolute Gasteiger partial charge is 0.329 e. The highest BCUT2D eigenvalue weighted by Crippen LogP contribution is 2.45. The third-order valence-corrected chi connectivity index (χ3v) is 3.53. The minimum atomic E-state index is -0.775. The Kier molecular flexibility index (Phi) is 3.34. The number of benzene rings is 1. The fourth-order valence-electron chi connectivity index (χ4n) is 2.56. The molecule has 0 atom stereocenters. The summed E-state index contributed by atoms with van der Waals surface area (Å²) < 4.78 is 26.2. The molecule has 0 bridgehead atoms. The SMILES string of the molecule is CC1CC(CN)(C(=O)Nc2ccc(F)cc2F)C1. The number of amides is 1. The number of hydrogen-bond donors (Lipinski definition) is 2. The molecule has 98 valence electrons. The van der Waals surface area contributed by atoms with Gasteiger partial charge < -0.3 is 11.1 Å². The van der Waals surface area contributed by atoms with Crippen LogP contribution in [0.1, 0.15) is 19.8 Å². The lowest BCUT2D eigenvalue weighted by molar-refractivity contribution is -0.132. The van der Waals surface area contributed by atoms with Crippen molar-refractivity contribution in [2.45, 2.75) is 19.8 Å². The van der Waals surface area contributed by atoms with Gasteiger partial charge in [0.2, 0.25) is 5.91 Å². The summed E-state index contributed by atoms with van der Waals surface area (Å²) in [5.74, 6) is -1.27. The predicted octanol–water partition coefficient (Wildman–Crippen LogP) is 2.28. The van der Waals surface area contributed by atoms with Crippen LogP contribution in [0.4, 0.5) is 14.5 Å². The molecule has 3 N–H and O–H groups in total. The van der Waals surface area contributed by atoms with Gasteiger partial charge in [-0.25, -0.2) is 8.78 Å². The summed E-state index contributed by atoms with van der Waals surface area (Å²) in [5, 5.41) is 2.49. The molecule has 5 heteroatoms. The molecule has 0 spiro atoms. The van der Waals surface area contributed by atoms with E-state index in [1.807, 2.05) is 6.92 Å². The molecule has 1 fully saturated rings. The van der Waals surface area contributed by atoms with Crippen LogP contribution in [0.2, 0.25) is 0 Å². The molecule has 1 aromatic rings. The van der Waals surface area contributed by atoms with Crippen LogP contribution in [0.5, 0.6) is 0 Å². The minimum absolute atomic E-state index is 0.00576. The Labute approximate surface area is 104 Å². The predicted molar refractivity (Wildman–Crippen MR) is 64.9 cm³/mol. The van der Waals surface area contributed by atoms with E-state index >= 15 is 0 Å². The standard InChI is InChI=1S/C13H16F2N2O/c1-8-5-13(6-8,7-16)12(18)17-11-3-2-9(14)4-10(11)15/h2-4,8H,5-7,16H2,1H3,(H,17,18). The zero-order valence-corrected chi connectivity index (χ0v) is 10.2. The molecule has 1 amide bonds. The maximum absolute atomic E-state index is 13.4. The molecule has 2 rings (SSSR count). The van der Waals surface area contributed by atoms with E-state index in [1.165, 1.54) is 6.07 Å². The maximum atomic E-state index is 13.4. The summed E-state index contributed by atoms with van der Waals surface area (Å²) >= 11 is 0. The fourth-order valence-corrected chi connectivity index (χ4v) is 2.56. The zero-order valence-electron chi connectivity index (χ0n) is 10.2. The maximum Gasteiger partial charge on any atom is 0.231 e. The van der Waals surface area contributed by atoms with Crippen molar-refractivity contribution >= 4 is 11.6 Å². The van der Waals surface area contributed by atoms with Crippen molar-refractivity contribution < 1.29 is 13.6 Å². The smallest absolute Gasteiger partial charge is 0.231 e. The Morgan fingerprint density at radius 1 is 1.50 bits per heavy atom. The topological polar surface area (TPSA) is 55.1 Å². The van der Waals surface area contributed by atoms with E-state index in [4.69, 9.17) is 5.73 Å². The fraction of sp³-hybridized carbons (Fsp3) is 0.462. The second kappa shape index (κ2) is 4.65. The Hall–Kier alpha value is -1.49. The number of carbonyl (C=O) groups excluding carboxylic acids is 1. The van der Waals surface area contributed by atoms with E-state index in [2.05, 4.69) is 5.32 Å². The second-order valence-electron chi connectivity index (χ2n) is 5.08. The van der Waals surface area contributed by atoms with Gasteiger partial charge in [-0.05, 0) is 30.9 Å². The van der Waals surface area contributed by atoms with Crippen molar-refractivity contribution in [1.29, 1.82) is 0 Å². The van der Waals surface area contributed by atoms with Gasteiger partial charge in [0.25, 0.3) is 0 Å². The number of nitrogens with two attached hydrogens (primary N) is 1. The van der Waals surface area contributed by atoms with E-state index in [1.54, 1.807) is 0 Å². The Morgan fingerprint density at radius 2 is 2.17 bits per heavy atom. The van der Waals surface area contributed by atoms with Gasteiger partial charge in [0.05, 0.1) is 11.1 Å². The number of nitrogens with one attached hydrogen (secondary N) is 1. The molecule has 0 unspecified atom stereocenters. The van der Waals surface area contributed by atoms with E-state index in [-0.39, 0.29) is 18.1 Å². The van der Waals surface area contributed by atoms with Crippen molar-refractivity contribution in [3.8, 4) is 0 Å². The van der Waals surface area contributed by atoms with Gasteiger partial charge in [-0.3, -0.25) is 4.79 Å². The molecule has 0 aromatic heterocycles. The summed E-state index contributed by atoms with van der Waals surface area (Å²) in [6.45, 7) is 2.28. The van der Waals surface area contributed by atoms with Crippen molar-refractivity contribution in [2.24, 2.45) is 17.1 Å². The van der Waals surface area contributed by atoms with Crippen molar-refractivity contribution in [3.63, 3.8) is 0 Å².